The van der Waals surface area contributed by atoms with Crippen molar-refractivity contribution in [1.29, 1.82) is 0 Å². The van der Waals surface area contributed by atoms with Crippen molar-refractivity contribution in [2.24, 2.45) is 5.41 Å². The summed E-state index contributed by atoms with van der Waals surface area (Å²) < 4.78 is 15.7. The van der Waals surface area contributed by atoms with Crippen LogP contribution in [0.2, 0.25) is 0 Å². The first-order valence-corrected chi connectivity index (χ1v) is 12.8. The Morgan fingerprint density at radius 2 is 1.00 bits per heavy atom. The minimum absolute atomic E-state index is 0. The Labute approximate surface area is 266 Å². The van der Waals surface area contributed by atoms with E-state index < -0.39 is 13.9 Å². The maximum atomic E-state index is 10.9. The molecule has 0 fully saturated rings. The van der Waals surface area contributed by atoms with Crippen LogP contribution in [-0.4, -0.2) is 6.10 Å². The molecule has 4 nitrogen and oxygen atoms in total. The van der Waals surface area contributed by atoms with Gasteiger partial charge in [0.1, 0.15) is 0 Å². The first-order valence-electron chi connectivity index (χ1n) is 11.4. The van der Waals surface area contributed by atoms with Gasteiger partial charge in [0.25, 0.3) is 0 Å². The molecule has 1 unspecified atom stereocenters. The van der Waals surface area contributed by atoms with E-state index in [0.29, 0.717) is 6.42 Å². The number of phosphoric ester groups is 1. The molecular formula is C22H45K2O4P. The molecule has 0 radical (unpaired) electrons. The van der Waals surface area contributed by atoms with Gasteiger partial charge in [-0.25, -0.2) is 0 Å². The fourth-order valence-corrected chi connectivity index (χ4v) is 4.23. The van der Waals surface area contributed by atoms with Gasteiger partial charge in [-0.15, -0.1) is 0 Å². The standard InChI is InChI=1S/C22H47O4P.2K/c1-5-6-7-8-9-10-11-12-13-14-15-16-17-18-19-20-21(22(2,3)4)26-27(23,24)25;;/h21H,5-20H2,1-4H3,(H2,23,24,25);;/q;2*+1/p-2. The van der Waals surface area contributed by atoms with E-state index in [1.807, 2.05) is 20.8 Å². The second-order valence-corrected chi connectivity index (χ2v) is 10.3. The fourth-order valence-electron chi connectivity index (χ4n) is 3.50. The van der Waals surface area contributed by atoms with Crippen molar-refractivity contribution in [3.63, 3.8) is 0 Å². The molecule has 0 aromatic heterocycles. The summed E-state index contributed by atoms with van der Waals surface area (Å²) in [5.41, 5.74) is -0.333. The molecule has 164 valence electrons. The van der Waals surface area contributed by atoms with Crippen molar-refractivity contribution >= 4 is 7.82 Å². The molecule has 0 aliphatic heterocycles. The van der Waals surface area contributed by atoms with Crippen molar-refractivity contribution in [3.05, 3.63) is 0 Å². The Morgan fingerprint density at radius 1 is 0.690 bits per heavy atom. The van der Waals surface area contributed by atoms with Crippen LogP contribution in [0.3, 0.4) is 0 Å². The number of unbranched alkanes of at least 4 members (excludes halogenated alkanes) is 14. The molecule has 0 amide bonds. The summed E-state index contributed by atoms with van der Waals surface area (Å²) >= 11 is 0. The third kappa shape index (κ3) is 27.5. The largest absolute Gasteiger partial charge is 1.00 e. The van der Waals surface area contributed by atoms with Crippen LogP contribution in [0, 0.1) is 5.41 Å². The van der Waals surface area contributed by atoms with E-state index in [0.717, 1.165) is 12.8 Å². The molecule has 0 aliphatic rings. The summed E-state index contributed by atoms with van der Waals surface area (Å²) in [5, 5.41) is 0. The Hall–Kier alpha value is 3.38. The molecule has 0 spiro atoms. The third-order valence-corrected chi connectivity index (χ3v) is 5.80. The van der Waals surface area contributed by atoms with Gasteiger partial charge in [-0.3, -0.25) is 0 Å². The molecule has 0 aromatic rings. The van der Waals surface area contributed by atoms with Crippen LogP contribution in [0.1, 0.15) is 130 Å². The van der Waals surface area contributed by atoms with Crippen LogP contribution >= 0.6 is 7.82 Å². The van der Waals surface area contributed by atoms with Gasteiger partial charge < -0.3 is 18.9 Å². The average Bonchev–Trinajstić information content (AvgIpc) is 2.55. The number of hydrogen-bond donors (Lipinski definition) is 0. The minimum atomic E-state index is -4.91. The molecule has 29 heavy (non-hydrogen) atoms. The van der Waals surface area contributed by atoms with E-state index in [4.69, 9.17) is 4.52 Å². The number of phosphoric acid groups is 1. The summed E-state index contributed by atoms with van der Waals surface area (Å²) in [6, 6.07) is 0. The SMILES string of the molecule is CCCCCCCCCCCCCCCCCC(OP(=O)([O-])[O-])C(C)(C)C.[K+].[K+]. The Kier molecular flexibility index (Phi) is 29.5. The van der Waals surface area contributed by atoms with Gasteiger partial charge in [0, 0.05) is 0 Å². The molecule has 0 aromatic carbocycles. The molecule has 0 N–H and O–H groups in total. The monoisotopic (exact) mass is 482 g/mol. The third-order valence-electron chi connectivity index (χ3n) is 5.29. The predicted octanol–water partition coefficient (Wildman–Crippen LogP) is 0.516. The van der Waals surface area contributed by atoms with Crippen molar-refractivity contribution in [2.75, 3.05) is 0 Å². The van der Waals surface area contributed by atoms with Crippen molar-refractivity contribution < 1.29 is 122 Å². The molecule has 0 saturated heterocycles. The normalized spacial score (nSPS) is 12.9. The topological polar surface area (TPSA) is 72.4 Å². The van der Waals surface area contributed by atoms with E-state index in [9.17, 15) is 14.4 Å². The van der Waals surface area contributed by atoms with Gasteiger partial charge in [0.15, 0.2) is 0 Å². The maximum absolute atomic E-state index is 10.9. The van der Waals surface area contributed by atoms with E-state index in [1.54, 1.807) is 0 Å². The fraction of sp³-hybridized carbons (Fsp3) is 1.00. The van der Waals surface area contributed by atoms with Crippen LogP contribution in [0.5, 0.6) is 0 Å². The Bertz CT molecular complexity index is 383. The van der Waals surface area contributed by atoms with Crippen LogP contribution in [-0.2, 0) is 9.09 Å². The minimum Gasteiger partial charge on any atom is -0.790 e. The molecule has 0 bridgehead atoms. The molecule has 0 rings (SSSR count). The van der Waals surface area contributed by atoms with E-state index in [1.165, 1.54) is 83.5 Å². The Morgan fingerprint density at radius 3 is 1.28 bits per heavy atom. The van der Waals surface area contributed by atoms with Crippen molar-refractivity contribution in [2.45, 2.75) is 137 Å². The molecular weight excluding hydrogens is 437 g/mol. The second-order valence-electron chi connectivity index (χ2n) is 9.15. The summed E-state index contributed by atoms with van der Waals surface area (Å²) in [5.74, 6) is 0. The van der Waals surface area contributed by atoms with Crippen molar-refractivity contribution in [1.82, 2.24) is 0 Å². The van der Waals surface area contributed by atoms with Gasteiger partial charge >= 0.3 is 103 Å². The molecule has 7 heteroatoms. The molecule has 0 aliphatic carbocycles. The first kappa shape index (κ1) is 36.9. The maximum Gasteiger partial charge on any atom is 1.00 e. The second kappa shape index (κ2) is 23.1. The number of hydrogen-bond acceptors (Lipinski definition) is 4. The predicted molar refractivity (Wildman–Crippen MR) is 111 cm³/mol. The van der Waals surface area contributed by atoms with E-state index >= 15 is 0 Å². The molecule has 1 atom stereocenters. The zero-order chi connectivity index (χ0) is 20.6. The van der Waals surface area contributed by atoms with E-state index in [-0.39, 0.29) is 108 Å². The summed E-state index contributed by atoms with van der Waals surface area (Å²) in [4.78, 5) is 21.8. The summed E-state index contributed by atoms with van der Waals surface area (Å²) in [6.45, 7) is 8.01. The van der Waals surface area contributed by atoms with Gasteiger partial charge in [-0.2, -0.15) is 0 Å². The quantitative estimate of drug-likeness (QED) is 0.162. The van der Waals surface area contributed by atoms with Gasteiger partial charge in [-0.1, -0.05) is 124 Å². The van der Waals surface area contributed by atoms with Gasteiger partial charge in [0.2, 0.25) is 0 Å². The van der Waals surface area contributed by atoms with Crippen LogP contribution in [0.4, 0.5) is 0 Å². The van der Waals surface area contributed by atoms with Crippen LogP contribution in [0.25, 0.3) is 0 Å². The smallest absolute Gasteiger partial charge is 0.790 e. The van der Waals surface area contributed by atoms with Crippen LogP contribution in [0.15, 0.2) is 0 Å². The first-order chi connectivity index (χ1) is 12.7. The van der Waals surface area contributed by atoms with E-state index in [2.05, 4.69) is 6.92 Å². The zero-order valence-electron chi connectivity index (χ0n) is 20.5. The average molecular weight is 483 g/mol. The van der Waals surface area contributed by atoms with Crippen LogP contribution < -0.4 is 113 Å². The molecule has 0 heterocycles. The van der Waals surface area contributed by atoms with Gasteiger partial charge in [0.05, 0.1) is 13.9 Å². The Balaban J connectivity index is -0.00000338. The zero-order valence-corrected chi connectivity index (χ0v) is 27.6. The summed E-state index contributed by atoms with van der Waals surface area (Å²) in [6.07, 6.45) is 19.7. The summed E-state index contributed by atoms with van der Waals surface area (Å²) in [7, 11) is -4.91. The van der Waals surface area contributed by atoms with Gasteiger partial charge in [-0.05, 0) is 11.8 Å². The number of rotatable bonds is 18. The van der Waals surface area contributed by atoms with Crippen molar-refractivity contribution in [3.8, 4) is 0 Å². The molecule has 0 saturated carbocycles.